The minimum atomic E-state index is -3.13. The summed E-state index contributed by atoms with van der Waals surface area (Å²) in [5, 5.41) is 0. The normalized spacial score (nSPS) is 11.6. The van der Waals surface area contributed by atoms with Gasteiger partial charge < -0.3 is 0 Å². The zero-order valence-corrected chi connectivity index (χ0v) is 9.84. The molecule has 1 rings (SSSR count). The summed E-state index contributed by atoms with van der Waals surface area (Å²) in [4.78, 5) is 4.21. The number of nitrogens with zero attached hydrogens (tertiary/aromatic N) is 1. The second-order valence-corrected chi connectivity index (χ2v) is 5.34. The fourth-order valence-electron chi connectivity index (χ4n) is 1.22. The maximum atomic E-state index is 11.3. The maximum Gasteiger partial charge on any atom is 0.211 e. The first-order chi connectivity index (χ1) is 7.03. The molecular formula is C10H16N2O2S. The lowest BCUT2D eigenvalue weighted by Crippen LogP contribution is -2.26. The van der Waals surface area contributed by atoms with Gasteiger partial charge in [-0.2, -0.15) is 0 Å². The molecule has 1 aromatic heterocycles. The van der Waals surface area contributed by atoms with Crippen LogP contribution in [0.25, 0.3) is 0 Å². The van der Waals surface area contributed by atoms with E-state index in [1.807, 2.05) is 32.0 Å². The Morgan fingerprint density at radius 2 is 2.13 bits per heavy atom. The van der Waals surface area contributed by atoms with Crippen molar-refractivity contribution in [1.82, 2.24) is 9.71 Å². The van der Waals surface area contributed by atoms with Crippen LogP contribution in [-0.4, -0.2) is 19.2 Å². The van der Waals surface area contributed by atoms with Gasteiger partial charge in [-0.1, -0.05) is 13.0 Å². The van der Waals surface area contributed by atoms with E-state index in [1.165, 1.54) is 0 Å². The van der Waals surface area contributed by atoms with Crippen molar-refractivity contribution in [3.8, 4) is 0 Å². The van der Waals surface area contributed by atoms with Gasteiger partial charge in [0.15, 0.2) is 0 Å². The zero-order chi connectivity index (χ0) is 11.3. The minimum absolute atomic E-state index is 0.165. The van der Waals surface area contributed by atoms with Gasteiger partial charge in [0.05, 0.1) is 18.0 Å². The molecule has 1 aromatic rings. The summed E-state index contributed by atoms with van der Waals surface area (Å²) in [5.74, 6) is 0.165. The van der Waals surface area contributed by atoms with Gasteiger partial charge >= 0.3 is 0 Å². The maximum absolute atomic E-state index is 11.3. The molecular weight excluding hydrogens is 212 g/mol. The Labute approximate surface area is 90.8 Å². The molecule has 84 valence electrons. The summed E-state index contributed by atoms with van der Waals surface area (Å²) in [5.41, 5.74) is 1.64. The predicted octanol–water partition coefficient (Wildman–Crippen LogP) is 1.22. The van der Waals surface area contributed by atoms with Crippen LogP contribution < -0.4 is 4.72 Å². The molecule has 0 aliphatic carbocycles. The van der Waals surface area contributed by atoms with Crippen LogP contribution in [0.2, 0.25) is 0 Å². The van der Waals surface area contributed by atoms with Crippen molar-refractivity contribution in [3.63, 3.8) is 0 Å². The third kappa shape index (κ3) is 4.40. The molecule has 0 bridgehead atoms. The molecule has 0 aliphatic rings. The van der Waals surface area contributed by atoms with E-state index >= 15 is 0 Å². The van der Waals surface area contributed by atoms with Crippen molar-refractivity contribution >= 4 is 10.0 Å². The topological polar surface area (TPSA) is 59.1 Å². The number of aromatic nitrogens is 1. The Bertz CT molecular complexity index is 415. The molecule has 0 spiro atoms. The first-order valence-corrected chi connectivity index (χ1v) is 6.58. The van der Waals surface area contributed by atoms with Crippen molar-refractivity contribution < 1.29 is 8.42 Å². The van der Waals surface area contributed by atoms with Crippen LogP contribution in [0.3, 0.4) is 0 Å². The van der Waals surface area contributed by atoms with Gasteiger partial charge in [-0.05, 0) is 25.5 Å². The van der Waals surface area contributed by atoms with E-state index in [0.717, 1.165) is 11.4 Å². The molecule has 1 heterocycles. The highest BCUT2D eigenvalue weighted by atomic mass is 32.2. The fraction of sp³-hybridized carbons (Fsp3) is 0.500. The van der Waals surface area contributed by atoms with Crippen molar-refractivity contribution in [1.29, 1.82) is 0 Å². The van der Waals surface area contributed by atoms with E-state index in [-0.39, 0.29) is 12.3 Å². The summed E-state index contributed by atoms with van der Waals surface area (Å²) >= 11 is 0. The smallest absolute Gasteiger partial charge is 0.211 e. The molecule has 0 saturated heterocycles. The highest BCUT2D eigenvalue weighted by molar-refractivity contribution is 7.89. The summed E-state index contributed by atoms with van der Waals surface area (Å²) in [6.07, 6.45) is 0.622. The Balaban J connectivity index is 2.58. The molecule has 0 amide bonds. The number of hydrogen-bond donors (Lipinski definition) is 1. The highest BCUT2D eigenvalue weighted by Crippen LogP contribution is 1.99. The third-order valence-electron chi connectivity index (χ3n) is 1.89. The third-order valence-corrected chi connectivity index (χ3v) is 3.42. The number of sulfonamides is 1. The summed E-state index contributed by atoms with van der Waals surface area (Å²) in [6, 6.07) is 5.55. The number of pyridine rings is 1. The van der Waals surface area contributed by atoms with Gasteiger partial charge in [-0.15, -0.1) is 0 Å². The molecule has 4 nitrogen and oxygen atoms in total. The largest absolute Gasteiger partial charge is 0.257 e. The number of rotatable bonds is 5. The van der Waals surface area contributed by atoms with Crippen LogP contribution >= 0.6 is 0 Å². The molecule has 15 heavy (non-hydrogen) atoms. The fourth-order valence-corrected chi connectivity index (χ4v) is 2.27. The van der Waals surface area contributed by atoms with Gasteiger partial charge in [0.1, 0.15) is 0 Å². The van der Waals surface area contributed by atoms with E-state index in [9.17, 15) is 8.42 Å². The highest BCUT2D eigenvalue weighted by Gasteiger charge is 2.07. The van der Waals surface area contributed by atoms with E-state index in [2.05, 4.69) is 9.71 Å². The molecule has 1 N–H and O–H groups in total. The quantitative estimate of drug-likeness (QED) is 0.824. The SMILES string of the molecule is CCCS(=O)(=O)NCc1cccc(C)n1. The Kier molecular flexibility index (Phi) is 4.23. The molecule has 0 fully saturated rings. The average molecular weight is 228 g/mol. The van der Waals surface area contributed by atoms with Crippen molar-refractivity contribution in [2.45, 2.75) is 26.8 Å². The van der Waals surface area contributed by atoms with Crippen LogP contribution in [0.1, 0.15) is 24.7 Å². The van der Waals surface area contributed by atoms with Crippen molar-refractivity contribution in [2.24, 2.45) is 0 Å². The molecule has 0 atom stereocenters. The Morgan fingerprint density at radius 3 is 2.73 bits per heavy atom. The van der Waals surface area contributed by atoms with E-state index in [1.54, 1.807) is 0 Å². The molecule has 0 aliphatic heterocycles. The van der Waals surface area contributed by atoms with Gasteiger partial charge in [-0.25, -0.2) is 13.1 Å². The molecule has 0 saturated carbocycles. The van der Waals surface area contributed by atoms with Crippen molar-refractivity contribution in [2.75, 3.05) is 5.75 Å². The summed E-state index contributed by atoms with van der Waals surface area (Å²) < 4.78 is 25.2. The lowest BCUT2D eigenvalue weighted by atomic mass is 10.3. The number of nitrogens with one attached hydrogen (secondary N) is 1. The monoisotopic (exact) mass is 228 g/mol. The number of hydrogen-bond acceptors (Lipinski definition) is 3. The predicted molar refractivity (Wildman–Crippen MR) is 59.9 cm³/mol. The summed E-state index contributed by atoms with van der Waals surface area (Å²) in [7, 11) is -3.13. The van der Waals surface area contributed by atoms with Crippen LogP contribution in [0.15, 0.2) is 18.2 Å². The van der Waals surface area contributed by atoms with Gasteiger partial charge in [0.25, 0.3) is 0 Å². The second kappa shape index (κ2) is 5.23. The first kappa shape index (κ1) is 12.1. The minimum Gasteiger partial charge on any atom is -0.257 e. The molecule has 0 radical (unpaired) electrons. The van der Waals surface area contributed by atoms with Gasteiger partial charge in [0.2, 0.25) is 10.0 Å². The Morgan fingerprint density at radius 1 is 1.40 bits per heavy atom. The standard InChI is InChI=1S/C10H16N2O2S/c1-3-7-15(13,14)11-8-10-6-4-5-9(2)12-10/h4-6,11H,3,7-8H2,1-2H3. The van der Waals surface area contributed by atoms with Crippen LogP contribution in [0, 0.1) is 6.92 Å². The molecule has 0 aromatic carbocycles. The van der Waals surface area contributed by atoms with E-state index < -0.39 is 10.0 Å². The van der Waals surface area contributed by atoms with E-state index in [4.69, 9.17) is 0 Å². The lowest BCUT2D eigenvalue weighted by Gasteiger charge is -2.05. The molecule has 0 unspecified atom stereocenters. The first-order valence-electron chi connectivity index (χ1n) is 4.93. The zero-order valence-electron chi connectivity index (χ0n) is 9.03. The van der Waals surface area contributed by atoms with Crippen molar-refractivity contribution in [3.05, 3.63) is 29.6 Å². The van der Waals surface area contributed by atoms with Gasteiger partial charge in [0, 0.05) is 5.69 Å². The average Bonchev–Trinajstić information content (AvgIpc) is 2.15. The van der Waals surface area contributed by atoms with Crippen LogP contribution in [-0.2, 0) is 16.6 Å². The summed E-state index contributed by atoms with van der Waals surface area (Å²) in [6.45, 7) is 3.98. The van der Waals surface area contributed by atoms with Crippen LogP contribution in [0.5, 0.6) is 0 Å². The number of aryl methyl sites for hydroxylation is 1. The van der Waals surface area contributed by atoms with Gasteiger partial charge in [-0.3, -0.25) is 4.98 Å². The second-order valence-electron chi connectivity index (χ2n) is 3.41. The lowest BCUT2D eigenvalue weighted by molar-refractivity contribution is 0.579. The van der Waals surface area contributed by atoms with E-state index in [0.29, 0.717) is 6.42 Å². The van der Waals surface area contributed by atoms with Crippen LogP contribution in [0.4, 0.5) is 0 Å². The molecule has 5 heteroatoms. The Hall–Kier alpha value is -0.940.